The lowest BCUT2D eigenvalue weighted by Crippen LogP contribution is -2.33. The zero-order valence-corrected chi connectivity index (χ0v) is 11.7. The van der Waals surface area contributed by atoms with Crippen molar-refractivity contribution in [1.82, 2.24) is 10.0 Å². The summed E-state index contributed by atoms with van der Waals surface area (Å²) < 4.78 is 25.7. The highest BCUT2D eigenvalue weighted by Crippen LogP contribution is 2.18. The van der Waals surface area contributed by atoms with Crippen molar-refractivity contribution in [2.75, 3.05) is 25.1 Å². The van der Waals surface area contributed by atoms with E-state index in [4.69, 9.17) is 0 Å². The Hall–Kier alpha value is 0.220. The van der Waals surface area contributed by atoms with Gasteiger partial charge in [-0.2, -0.15) is 11.8 Å². The summed E-state index contributed by atoms with van der Waals surface area (Å²) in [6.45, 7) is 3.22. The van der Waals surface area contributed by atoms with Crippen molar-refractivity contribution in [2.24, 2.45) is 0 Å². The SMILES string of the molecule is CSC(C)CCNS(=O)(=O)CCNC1CC1. The maximum Gasteiger partial charge on any atom is 0.212 e. The molecule has 96 valence electrons. The summed E-state index contributed by atoms with van der Waals surface area (Å²) in [6.07, 6.45) is 5.31. The van der Waals surface area contributed by atoms with Gasteiger partial charge in [-0.1, -0.05) is 6.92 Å². The van der Waals surface area contributed by atoms with Crippen LogP contribution in [0.1, 0.15) is 26.2 Å². The van der Waals surface area contributed by atoms with Crippen molar-refractivity contribution in [3.63, 3.8) is 0 Å². The molecule has 1 aliphatic carbocycles. The van der Waals surface area contributed by atoms with Crippen molar-refractivity contribution in [1.29, 1.82) is 0 Å². The average Bonchev–Trinajstić information content (AvgIpc) is 3.01. The van der Waals surface area contributed by atoms with Crippen LogP contribution in [0.3, 0.4) is 0 Å². The minimum atomic E-state index is -3.08. The summed E-state index contributed by atoms with van der Waals surface area (Å²) >= 11 is 1.76. The first kappa shape index (κ1) is 14.3. The van der Waals surface area contributed by atoms with Crippen molar-refractivity contribution in [3.8, 4) is 0 Å². The van der Waals surface area contributed by atoms with Gasteiger partial charge in [-0.3, -0.25) is 0 Å². The molecule has 0 bridgehead atoms. The van der Waals surface area contributed by atoms with Gasteiger partial charge in [0, 0.05) is 24.4 Å². The Morgan fingerprint density at radius 2 is 2.06 bits per heavy atom. The van der Waals surface area contributed by atoms with Crippen LogP contribution in [-0.2, 0) is 10.0 Å². The Labute approximate surface area is 103 Å². The van der Waals surface area contributed by atoms with Gasteiger partial charge in [-0.15, -0.1) is 0 Å². The van der Waals surface area contributed by atoms with Crippen LogP contribution < -0.4 is 10.0 Å². The van der Waals surface area contributed by atoms with Gasteiger partial charge < -0.3 is 5.32 Å². The monoisotopic (exact) mass is 266 g/mol. The number of hydrogen-bond acceptors (Lipinski definition) is 4. The first-order valence-electron chi connectivity index (χ1n) is 5.77. The number of rotatable bonds is 9. The first-order valence-corrected chi connectivity index (χ1v) is 8.71. The molecule has 0 aromatic rings. The van der Waals surface area contributed by atoms with Crippen molar-refractivity contribution in [2.45, 2.75) is 37.5 Å². The minimum Gasteiger partial charge on any atom is -0.313 e. The number of sulfonamides is 1. The third kappa shape index (κ3) is 6.73. The Morgan fingerprint density at radius 3 is 2.62 bits per heavy atom. The van der Waals surface area contributed by atoms with E-state index in [-0.39, 0.29) is 5.75 Å². The second-order valence-corrected chi connectivity index (χ2v) is 7.48. The molecule has 1 atom stereocenters. The lowest BCUT2D eigenvalue weighted by molar-refractivity contribution is 0.574. The molecule has 0 aromatic heterocycles. The largest absolute Gasteiger partial charge is 0.313 e. The van der Waals surface area contributed by atoms with E-state index in [9.17, 15) is 8.42 Å². The third-order valence-electron chi connectivity index (χ3n) is 2.66. The molecular formula is C10H22N2O2S2. The molecule has 0 radical (unpaired) electrons. The second-order valence-electron chi connectivity index (χ2n) is 4.28. The summed E-state index contributed by atoms with van der Waals surface area (Å²) in [7, 11) is -3.08. The van der Waals surface area contributed by atoms with Crippen LogP contribution in [0.4, 0.5) is 0 Å². The van der Waals surface area contributed by atoms with E-state index in [1.54, 1.807) is 11.8 Å². The smallest absolute Gasteiger partial charge is 0.212 e. The van der Waals surface area contributed by atoms with Crippen LogP contribution in [0.5, 0.6) is 0 Å². The van der Waals surface area contributed by atoms with Gasteiger partial charge in [0.05, 0.1) is 5.75 Å². The predicted molar refractivity (Wildman–Crippen MR) is 70.4 cm³/mol. The second kappa shape index (κ2) is 6.83. The lowest BCUT2D eigenvalue weighted by atomic mass is 10.3. The van der Waals surface area contributed by atoms with Crippen LogP contribution in [0.2, 0.25) is 0 Å². The molecule has 0 spiro atoms. The van der Waals surface area contributed by atoms with E-state index >= 15 is 0 Å². The van der Waals surface area contributed by atoms with E-state index in [2.05, 4.69) is 17.0 Å². The van der Waals surface area contributed by atoms with Gasteiger partial charge >= 0.3 is 0 Å². The molecule has 1 fully saturated rings. The van der Waals surface area contributed by atoms with Crippen molar-refractivity contribution in [3.05, 3.63) is 0 Å². The molecule has 4 nitrogen and oxygen atoms in total. The highest BCUT2D eigenvalue weighted by molar-refractivity contribution is 7.99. The fourth-order valence-corrected chi connectivity index (χ4v) is 2.61. The average molecular weight is 266 g/mol. The van der Waals surface area contributed by atoms with E-state index < -0.39 is 10.0 Å². The summed E-state index contributed by atoms with van der Waals surface area (Å²) in [5.74, 6) is 0.192. The lowest BCUT2D eigenvalue weighted by Gasteiger charge is -2.10. The maximum absolute atomic E-state index is 11.5. The normalized spacial score (nSPS) is 18.6. The van der Waals surface area contributed by atoms with E-state index in [1.807, 2.05) is 6.26 Å². The maximum atomic E-state index is 11.5. The molecule has 6 heteroatoms. The van der Waals surface area contributed by atoms with Crippen LogP contribution in [-0.4, -0.2) is 44.8 Å². The van der Waals surface area contributed by atoms with Crippen molar-refractivity contribution < 1.29 is 8.42 Å². The standard InChI is InChI=1S/C10H22N2O2S2/c1-9(15-2)5-6-12-16(13,14)8-7-11-10-3-4-10/h9-12H,3-8H2,1-2H3. The molecule has 0 amide bonds. The highest BCUT2D eigenvalue weighted by Gasteiger charge is 2.21. The van der Waals surface area contributed by atoms with E-state index in [1.165, 1.54) is 12.8 Å². The fraction of sp³-hybridized carbons (Fsp3) is 1.00. The Morgan fingerprint density at radius 1 is 1.38 bits per heavy atom. The molecule has 2 N–H and O–H groups in total. The molecule has 0 aliphatic heterocycles. The molecule has 1 rings (SSSR count). The van der Waals surface area contributed by atoms with Gasteiger partial charge in [0.25, 0.3) is 0 Å². The molecule has 0 saturated heterocycles. The fourth-order valence-electron chi connectivity index (χ4n) is 1.29. The van der Waals surface area contributed by atoms with Crippen LogP contribution in [0.25, 0.3) is 0 Å². The zero-order valence-electron chi connectivity index (χ0n) is 10.0. The number of thioether (sulfide) groups is 1. The third-order valence-corrected chi connectivity index (χ3v) is 5.08. The quantitative estimate of drug-likeness (QED) is 0.648. The van der Waals surface area contributed by atoms with Gasteiger partial charge in [0.15, 0.2) is 0 Å². The van der Waals surface area contributed by atoms with E-state index in [0.717, 1.165) is 6.42 Å². The summed E-state index contributed by atoms with van der Waals surface area (Å²) in [4.78, 5) is 0. The minimum absolute atomic E-state index is 0.192. The summed E-state index contributed by atoms with van der Waals surface area (Å²) in [5.41, 5.74) is 0. The molecule has 0 aromatic carbocycles. The number of hydrogen-bond donors (Lipinski definition) is 2. The first-order chi connectivity index (χ1) is 7.53. The molecule has 0 heterocycles. The van der Waals surface area contributed by atoms with Gasteiger partial charge in [-0.25, -0.2) is 13.1 Å². The topological polar surface area (TPSA) is 58.2 Å². The molecule has 1 saturated carbocycles. The molecule has 16 heavy (non-hydrogen) atoms. The zero-order chi connectivity index (χ0) is 12.0. The number of nitrogens with one attached hydrogen (secondary N) is 2. The molecule has 1 aliphatic rings. The molecule has 1 unspecified atom stereocenters. The molecular weight excluding hydrogens is 244 g/mol. The Balaban J connectivity index is 2.07. The Bertz CT molecular complexity index is 289. The van der Waals surface area contributed by atoms with Crippen LogP contribution in [0.15, 0.2) is 0 Å². The van der Waals surface area contributed by atoms with Crippen LogP contribution in [0, 0.1) is 0 Å². The Kier molecular flexibility index (Phi) is 6.10. The van der Waals surface area contributed by atoms with Crippen LogP contribution >= 0.6 is 11.8 Å². The summed E-state index contributed by atoms with van der Waals surface area (Å²) in [6, 6.07) is 0.576. The predicted octanol–water partition coefficient (Wildman–Crippen LogP) is 0.799. The summed E-state index contributed by atoms with van der Waals surface area (Å²) in [5, 5.41) is 3.71. The highest BCUT2D eigenvalue weighted by atomic mass is 32.2. The van der Waals surface area contributed by atoms with Gasteiger partial charge in [0.1, 0.15) is 0 Å². The van der Waals surface area contributed by atoms with Crippen molar-refractivity contribution >= 4 is 21.8 Å². The van der Waals surface area contributed by atoms with Gasteiger partial charge in [-0.05, 0) is 25.5 Å². The van der Waals surface area contributed by atoms with E-state index in [0.29, 0.717) is 24.4 Å². The van der Waals surface area contributed by atoms with Gasteiger partial charge in [0.2, 0.25) is 10.0 Å².